The van der Waals surface area contributed by atoms with Crippen LogP contribution in [0.4, 0.5) is 0 Å². The van der Waals surface area contributed by atoms with Gasteiger partial charge in [-0.25, -0.2) is 0 Å². The van der Waals surface area contributed by atoms with Crippen molar-refractivity contribution in [1.29, 1.82) is 0 Å². The highest BCUT2D eigenvalue weighted by molar-refractivity contribution is 7.84. The lowest BCUT2D eigenvalue weighted by Crippen LogP contribution is -2.27. The molecular formula is C8H15NOS. The maximum atomic E-state index is 4.88. The number of piperidine rings is 1. The predicted molar refractivity (Wildman–Crippen MR) is 49.5 cm³/mol. The van der Waals surface area contributed by atoms with E-state index in [1.807, 2.05) is 0 Å². The monoisotopic (exact) mass is 173 g/mol. The van der Waals surface area contributed by atoms with Gasteiger partial charge < -0.3 is 9.64 Å². The molecule has 1 heterocycles. The molecule has 0 N–H and O–H groups in total. The van der Waals surface area contributed by atoms with Crippen molar-refractivity contribution in [2.24, 2.45) is 0 Å². The molecule has 0 aliphatic carbocycles. The highest BCUT2D eigenvalue weighted by atomic mass is 32.1. The second-order valence-electron chi connectivity index (χ2n) is 2.76. The summed E-state index contributed by atoms with van der Waals surface area (Å²) in [5, 5.41) is 0.951. The Labute approximate surface area is 73.6 Å². The first-order valence-corrected chi connectivity index (χ1v) is 4.46. The Bertz CT molecular complexity index is 141. The second-order valence-corrected chi connectivity index (χ2v) is 3.22. The molecule has 1 aliphatic rings. The molecule has 1 aliphatic heterocycles. The zero-order valence-corrected chi connectivity index (χ0v) is 7.81. The number of rotatable bonds is 2. The topological polar surface area (TPSA) is 12.5 Å². The smallest absolute Gasteiger partial charge is 0.112 e. The van der Waals surface area contributed by atoms with Crippen molar-refractivity contribution in [3.8, 4) is 0 Å². The van der Waals surface area contributed by atoms with Gasteiger partial charge in [0.25, 0.3) is 0 Å². The Morgan fingerprint density at radius 2 is 2.00 bits per heavy atom. The van der Waals surface area contributed by atoms with Crippen LogP contribution < -0.4 is 0 Å². The molecule has 0 bridgehead atoms. The number of ether oxygens (including phenoxy) is 1. The second kappa shape index (κ2) is 4.54. The Balaban J connectivity index is 2.38. The van der Waals surface area contributed by atoms with Gasteiger partial charge in [0, 0.05) is 13.1 Å². The fraction of sp³-hybridized carbons (Fsp3) is 0.750. The number of thiol groups is 1. The van der Waals surface area contributed by atoms with Crippen molar-refractivity contribution in [2.45, 2.75) is 19.3 Å². The highest BCUT2D eigenvalue weighted by Crippen LogP contribution is 2.16. The van der Waals surface area contributed by atoms with Crippen molar-refractivity contribution in [3.63, 3.8) is 0 Å². The molecular weight excluding hydrogens is 158 g/mol. The van der Waals surface area contributed by atoms with Gasteiger partial charge in [-0.05, 0) is 19.3 Å². The van der Waals surface area contributed by atoms with Gasteiger partial charge in [0.2, 0.25) is 0 Å². The fourth-order valence-electron chi connectivity index (χ4n) is 1.30. The molecule has 0 spiro atoms. The van der Waals surface area contributed by atoms with Crippen LogP contribution in [0.15, 0.2) is 11.3 Å². The van der Waals surface area contributed by atoms with E-state index in [1.54, 1.807) is 13.4 Å². The summed E-state index contributed by atoms with van der Waals surface area (Å²) in [5.74, 6) is 0. The minimum Gasteiger partial charge on any atom is -0.502 e. The summed E-state index contributed by atoms with van der Waals surface area (Å²) in [4.78, 5) is 2.25. The summed E-state index contributed by atoms with van der Waals surface area (Å²) in [6.07, 6.45) is 5.60. The van der Waals surface area contributed by atoms with Gasteiger partial charge in [-0.3, -0.25) is 0 Å². The molecule has 0 aromatic heterocycles. The van der Waals surface area contributed by atoms with Gasteiger partial charge in [0.1, 0.15) is 11.3 Å². The molecule has 2 nitrogen and oxygen atoms in total. The van der Waals surface area contributed by atoms with E-state index in [2.05, 4.69) is 17.5 Å². The Hall–Kier alpha value is -0.310. The number of likely N-dealkylation sites (tertiary alicyclic amines) is 1. The fourth-order valence-corrected chi connectivity index (χ4v) is 1.61. The molecule has 0 radical (unpaired) electrons. The van der Waals surface area contributed by atoms with Gasteiger partial charge in [-0.2, -0.15) is 0 Å². The lowest BCUT2D eigenvalue weighted by molar-refractivity contribution is 0.276. The summed E-state index contributed by atoms with van der Waals surface area (Å²) in [6.45, 7) is 2.25. The van der Waals surface area contributed by atoms with Crippen LogP contribution in [0, 0.1) is 0 Å². The first-order valence-electron chi connectivity index (χ1n) is 4.01. The molecule has 0 aromatic rings. The average molecular weight is 173 g/mol. The zero-order valence-electron chi connectivity index (χ0n) is 6.92. The maximum absolute atomic E-state index is 4.88. The third-order valence-corrected chi connectivity index (χ3v) is 2.29. The van der Waals surface area contributed by atoms with Crippen molar-refractivity contribution in [2.75, 3.05) is 20.2 Å². The average Bonchev–Trinajstić information content (AvgIpc) is 2.07. The number of hydrogen-bond donors (Lipinski definition) is 1. The SMILES string of the molecule is CO/C=C(\S)N1CCCCC1. The molecule has 11 heavy (non-hydrogen) atoms. The first-order chi connectivity index (χ1) is 5.34. The Morgan fingerprint density at radius 1 is 1.36 bits per heavy atom. The third-order valence-electron chi connectivity index (χ3n) is 1.90. The summed E-state index contributed by atoms with van der Waals surface area (Å²) >= 11 is 4.32. The third kappa shape index (κ3) is 2.66. The molecule has 64 valence electrons. The van der Waals surface area contributed by atoms with E-state index in [0.717, 1.165) is 18.1 Å². The molecule has 0 atom stereocenters. The van der Waals surface area contributed by atoms with Crippen LogP contribution >= 0.6 is 12.6 Å². The summed E-state index contributed by atoms with van der Waals surface area (Å²) in [6, 6.07) is 0. The van der Waals surface area contributed by atoms with Gasteiger partial charge in [-0.1, -0.05) is 0 Å². The van der Waals surface area contributed by atoms with Crippen LogP contribution in [-0.2, 0) is 4.74 Å². The van der Waals surface area contributed by atoms with Crippen LogP contribution in [0.5, 0.6) is 0 Å². The van der Waals surface area contributed by atoms with Crippen LogP contribution in [-0.4, -0.2) is 25.1 Å². The van der Waals surface area contributed by atoms with Crippen LogP contribution in [0.25, 0.3) is 0 Å². The molecule has 0 aromatic carbocycles. The number of methoxy groups -OCH3 is 1. The molecule has 1 saturated heterocycles. The standard InChI is InChI=1S/C8H15NOS/c1-10-7-8(11)9-5-3-2-4-6-9/h7,11H,2-6H2,1H3/b8-7-. The summed E-state index contributed by atoms with van der Waals surface area (Å²) < 4.78 is 4.88. The minimum absolute atomic E-state index is 0.951. The molecule has 0 amide bonds. The van der Waals surface area contributed by atoms with Gasteiger partial charge in [0.15, 0.2) is 0 Å². The highest BCUT2D eigenvalue weighted by Gasteiger charge is 2.10. The van der Waals surface area contributed by atoms with Crippen LogP contribution in [0.3, 0.4) is 0 Å². The molecule has 3 heteroatoms. The Morgan fingerprint density at radius 3 is 2.55 bits per heavy atom. The van der Waals surface area contributed by atoms with E-state index in [9.17, 15) is 0 Å². The normalized spacial score (nSPS) is 20.2. The quantitative estimate of drug-likeness (QED) is 0.505. The lowest BCUT2D eigenvalue weighted by Gasteiger charge is -2.27. The van der Waals surface area contributed by atoms with E-state index in [1.165, 1.54) is 19.3 Å². The van der Waals surface area contributed by atoms with Crippen molar-refractivity contribution < 1.29 is 4.74 Å². The molecule has 1 rings (SSSR count). The minimum atomic E-state index is 0.951. The van der Waals surface area contributed by atoms with Gasteiger partial charge in [0.05, 0.1) is 7.11 Å². The summed E-state index contributed by atoms with van der Waals surface area (Å²) in [7, 11) is 1.65. The van der Waals surface area contributed by atoms with Crippen molar-refractivity contribution >= 4 is 12.6 Å². The molecule has 0 unspecified atom stereocenters. The van der Waals surface area contributed by atoms with E-state index >= 15 is 0 Å². The van der Waals surface area contributed by atoms with Gasteiger partial charge >= 0.3 is 0 Å². The lowest BCUT2D eigenvalue weighted by atomic mass is 10.1. The maximum Gasteiger partial charge on any atom is 0.112 e. The first kappa shape index (κ1) is 8.78. The van der Waals surface area contributed by atoms with E-state index in [-0.39, 0.29) is 0 Å². The Kier molecular flexibility index (Phi) is 3.63. The van der Waals surface area contributed by atoms with Crippen LogP contribution in [0.1, 0.15) is 19.3 Å². The summed E-state index contributed by atoms with van der Waals surface area (Å²) in [5.41, 5.74) is 0. The molecule has 0 saturated carbocycles. The molecule has 1 fully saturated rings. The van der Waals surface area contributed by atoms with Crippen molar-refractivity contribution in [3.05, 3.63) is 11.3 Å². The zero-order chi connectivity index (χ0) is 8.10. The predicted octanol–water partition coefficient (Wildman–Crippen LogP) is 1.85. The van der Waals surface area contributed by atoms with Crippen LogP contribution in [0.2, 0.25) is 0 Å². The largest absolute Gasteiger partial charge is 0.502 e. The number of hydrogen-bond acceptors (Lipinski definition) is 3. The number of nitrogens with zero attached hydrogens (tertiary/aromatic N) is 1. The van der Waals surface area contributed by atoms with Crippen molar-refractivity contribution in [1.82, 2.24) is 4.90 Å². The van der Waals surface area contributed by atoms with E-state index < -0.39 is 0 Å². The van der Waals surface area contributed by atoms with E-state index in [4.69, 9.17) is 4.74 Å². The van der Waals surface area contributed by atoms with E-state index in [0.29, 0.717) is 0 Å². The van der Waals surface area contributed by atoms with Gasteiger partial charge in [-0.15, -0.1) is 12.6 Å².